The van der Waals surface area contributed by atoms with Gasteiger partial charge >= 0.3 is 0 Å². The maximum absolute atomic E-state index is 11.6. The van der Waals surface area contributed by atoms with Crippen molar-refractivity contribution in [2.45, 2.75) is 18.2 Å². The Labute approximate surface area is 88.6 Å². The molecule has 0 aliphatic rings. The van der Waals surface area contributed by atoms with Crippen LogP contribution in [0.4, 0.5) is 5.69 Å². The first-order valence-electron chi connectivity index (χ1n) is 4.51. The van der Waals surface area contributed by atoms with E-state index in [1.807, 2.05) is 6.92 Å². The van der Waals surface area contributed by atoms with E-state index in [2.05, 4.69) is 4.99 Å². The monoisotopic (exact) mass is 225 g/mol. The van der Waals surface area contributed by atoms with Gasteiger partial charge in [0.25, 0.3) is 0 Å². The zero-order valence-electron chi connectivity index (χ0n) is 8.30. The molecule has 4 nitrogen and oxygen atoms in total. The molecule has 15 heavy (non-hydrogen) atoms. The molecule has 0 heterocycles. The van der Waals surface area contributed by atoms with Crippen molar-refractivity contribution in [3.8, 4) is 0 Å². The third-order valence-electron chi connectivity index (χ3n) is 1.84. The van der Waals surface area contributed by atoms with E-state index in [1.165, 1.54) is 30.3 Å². The van der Waals surface area contributed by atoms with Crippen LogP contribution >= 0.6 is 0 Å². The Bertz CT molecular complexity index is 470. The van der Waals surface area contributed by atoms with Crippen molar-refractivity contribution in [1.29, 1.82) is 0 Å². The van der Waals surface area contributed by atoms with Crippen molar-refractivity contribution < 1.29 is 13.2 Å². The number of aliphatic imine (C=N–C) groups is 1. The summed E-state index contributed by atoms with van der Waals surface area (Å²) in [5.41, 5.74) is 0.403. The maximum atomic E-state index is 11.6. The van der Waals surface area contributed by atoms with Crippen LogP contribution in [0.5, 0.6) is 0 Å². The van der Waals surface area contributed by atoms with E-state index in [1.54, 1.807) is 0 Å². The Morgan fingerprint density at radius 3 is 2.33 bits per heavy atom. The minimum atomic E-state index is -3.18. The standard InChI is InChI=1S/C10H11NO3S/c1-2-7-15(13,14)10-5-3-9(4-6-10)11-8-12/h3-6H,2,7H2,1H3. The quantitative estimate of drug-likeness (QED) is 0.580. The lowest BCUT2D eigenvalue weighted by Gasteiger charge is -2.01. The first-order valence-corrected chi connectivity index (χ1v) is 6.16. The van der Waals surface area contributed by atoms with E-state index in [9.17, 15) is 13.2 Å². The number of hydrogen-bond donors (Lipinski definition) is 0. The summed E-state index contributed by atoms with van der Waals surface area (Å²) in [6.45, 7) is 1.81. The van der Waals surface area contributed by atoms with Crippen LogP contribution < -0.4 is 0 Å². The number of nitrogens with zero attached hydrogens (tertiary/aromatic N) is 1. The molecule has 0 aliphatic heterocycles. The van der Waals surface area contributed by atoms with Gasteiger partial charge in [0.05, 0.1) is 16.3 Å². The normalized spacial score (nSPS) is 10.7. The SMILES string of the molecule is CCCS(=O)(=O)c1ccc(N=C=O)cc1. The van der Waals surface area contributed by atoms with Gasteiger partial charge in [-0.25, -0.2) is 13.2 Å². The van der Waals surface area contributed by atoms with Gasteiger partial charge < -0.3 is 0 Å². The van der Waals surface area contributed by atoms with Crippen molar-refractivity contribution in [1.82, 2.24) is 0 Å². The van der Waals surface area contributed by atoms with Crippen LogP contribution in [0.1, 0.15) is 13.3 Å². The largest absolute Gasteiger partial charge is 0.240 e. The summed E-state index contributed by atoms with van der Waals surface area (Å²) in [6, 6.07) is 5.85. The van der Waals surface area contributed by atoms with Crippen molar-refractivity contribution in [3.05, 3.63) is 24.3 Å². The Morgan fingerprint density at radius 1 is 1.27 bits per heavy atom. The molecule has 0 saturated carbocycles. The molecule has 0 unspecified atom stereocenters. The fourth-order valence-corrected chi connectivity index (χ4v) is 2.49. The molecule has 0 N–H and O–H groups in total. The smallest absolute Gasteiger partial charge is 0.224 e. The van der Waals surface area contributed by atoms with Crippen molar-refractivity contribution in [2.24, 2.45) is 4.99 Å². The molecule has 1 aromatic rings. The van der Waals surface area contributed by atoms with Crippen LogP contribution in [0.25, 0.3) is 0 Å². The predicted octanol–water partition coefficient (Wildman–Crippen LogP) is 1.84. The van der Waals surface area contributed by atoms with Gasteiger partial charge in [0, 0.05) is 0 Å². The molecular weight excluding hydrogens is 214 g/mol. The van der Waals surface area contributed by atoms with E-state index in [4.69, 9.17) is 0 Å². The zero-order valence-corrected chi connectivity index (χ0v) is 9.12. The molecule has 0 radical (unpaired) electrons. The summed E-state index contributed by atoms with van der Waals surface area (Å²) in [4.78, 5) is 13.6. The topological polar surface area (TPSA) is 63.6 Å². The van der Waals surface area contributed by atoms with E-state index < -0.39 is 9.84 Å². The third-order valence-corrected chi connectivity index (χ3v) is 3.78. The van der Waals surface area contributed by atoms with E-state index in [0.29, 0.717) is 12.1 Å². The van der Waals surface area contributed by atoms with Gasteiger partial charge in [-0.15, -0.1) is 0 Å². The summed E-state index contributed by atoms with van der Waals surface area (Å²) < 4.78 is 23.2. The third kappa shape index (κ3) is 3.01. The molecule has 0 atom stereocenters. The van der Waals surface area contributed by atoms with Gasteiger partial charge in [-0.2, -0.15) is 4.99 Å². The van der Waals surface area contributed by atoms with Gasteiger partial charge in [0.2, 0.25) is 6.08 Å². The van der Waals surface area contributed by atoms with Crippen LogP contribution in [-0.4, -0.2) is 20.3 Å². The Balaban J connectivity index is 3.03. The maximum Gasteiger partial charge on any atom is 0.240 e. The van der Waals surface area contributed by atoms with Gasteiger partial charge in [-0.1, -0.05) is 6.92 Å². The number of rotatable bonds is 4. The number of hydrogen-bond acceptors (Lipinski definition) is 4. The first-order chi connectivity index (χ1) is 7.10. The molecule has 0 saturated heterocycles. The fourth-order valence-electron chi connectivity index (χ4n) is 1.17. The molecule has 0 aromatic heterocycles. The molecule has 1 aromatic carbocycles. The highest BCUT2D eigenvalue weighted by atomic mass is 32.2. The van der Waals surface area contributed by atoms with Crippen molar-refractivity contribution >= 4 is 21.6 Å². The van der Waals surface area contributed by atoms with Crippen molar-refractivity contribution in [3.63, 3.8) is 0 Å². The molecular formula is C10H11NO3S. The van der Waals surface area contributed by atoms with Gasteiger partial charge in [0.15, 0.2) is 9.84 Å². The molecule has 80 valence electrons. The second-order valence-electron chi connectivity index (χ2n) is 3.02. The van der Waals surface area contributed by atoms with Crippen molar-refractivity contribution in [2.75, 3.05) is 5.75 Å². The van der Waals surface area contributed by atoms with Crippen LogP contribution in [0.15, 0.2) is 34.2 Å². The molecule has 0 aliphatic carbocycles. The summed E-state index contributed by atoms with van der Waals surface area (Å²) in [7, 11) is -3.18. The molecule has 0 spiro atoms. The molecule has 0 bridgehead atoms. The molecule has 0 amide bonds. The van der Waals surface area contributed by atoms with Gasteiger partial charge in [0.1, 0.15) is 0 Å². The average molecular weight is 225 g/mol. The predicted molar refractivity (Wildman–Crippen MR) is 56.6 cm³/mol. The highest BCUT2D eigenvalue weighted by Crippen LogP contribution is 2.17. The van der Waals surface area contributed by atoms with Gasteiger partial charge in [-0.05, 0) is 30.7 Å². The Hall–Kier alpha value is -1.45. The summed E-state index contributed by atoms with van der Waals surface area (Å²) >= 11 is 0. The Kier molecular flexibility index (Phi) is 3.77. The van der Waals surface area contributed by atoms with Crippen LogP contribution in [0.2, 0.25) is 0 Å². The lowest BCUT2D eigenvalue weighted by Crippen LogP contribution is -2.05. The fraction of sp³-hybridized carbons (Fsp3) is 0.300. The number of isocyanates is 1. The zero-order chi connectivity index (χ0) is 11.3. The number of sulfone groups is 1. The highest BCUT2D eigenvalue weighted by molar-refractivity contribution is 7.91. The van der Waals surface area contributed by atoms with Crippen LogP contribution in [-0.2, 0) is 14.6 Å². The van der Waals surface area contributed by atoms with E-state index in [0.717, 1.165) is 0 Å². The van der Waals surface area contributed by atoms with Crippen LogP contribution in [0, 0.1) is 0 Å². The first kappa shape index (κ1) is 11.6. The van der Waals surface area contributed by atoms with E-state index in [-0.39, 0.29) is 10.6 Å². The number of benzene rings is 1. The summed E-state index contributed by atoms with van der Waals surface area (Å²) in [5, 5.41) is 0. The minimum absolute atomic E-state index is 0.128. The van der Waals surface area contributed by atoms with Crippen LogP contribution in [0.3, 0.4) is 0 Å². The summed E-state index contributed by atoms with van der Waals surface area (Å²) in [5.74, 6) is 0.128. The molecule has 1 rings (SSSR count). The average Bonchev–Trinajstić information content (AvgIpc) is 2.19. The molecule has 5 heteroatoms. The lowest BCUT2D eigenvalue weighted by molar-refractivity contribution is 0.565. The van der Waals surface area contributed by atoms with E-state index >= 15 is 0 Å². The van der Waals surface area contributed by atoms with Gasteiger partial charge in [-0.3, -0.25) is 0 Å². The number of carbonyl (C=O) groups excluding carboxylic acids is 1. The Morgan fingerprint density at radius 2 is 1.87 bits per heavy atom. The highest BCUT2D eigenvalue weighted by Gasteiger charge is 2.12. The minimum Gasteiger partial charge on any atom is -0.224 e. The summed E-state index contributed by atoms with van der Waals surface area (Å²) in [6.07, 6.45) is 1.97. The molecule has 0 fully saturated rings. The lowest BCUT2D eigenvalue weighted by atomic mass is 10.3. The second-order valence-corrected chi connectivity index (χ2v) is 5.13. The second kappa shape index (κ2) is 4.87.